The standard InChI is InChI=1S/C14H14FNO2/c1-2-14(17)13-8-7-12(9-16-13)18-11-5-3-10(15)4-6-11/h3-9,14,17H,2H2,1H3. The summed E-state index contributed by atoms with van der Waals surface area (Å²) in [7, 11) is 0. The molecule has 0 aliphatic heterocycles. The summed E-state index contributed by atoms with van der Waals surface area (Å²) >= 11 is 0. The van der Waals surface area contributed by atoms with E-state index in [-0.39, 0.29) is 5.82 Å². The van der Waals surface area contributed by atoms with Crippen LogP contribution in [-0.2, 0) is 0 Å². The van der Waals surface area contributed by atoms with Crippen LogP contribution in [0.25, 0.3) is 0 Å². The molecule has 0 saturated carbocycles. The zero-order valence-electron chi connectivity index (χ0n) is 10.0. The van der Waals surface area contributed by atoms with Gasteiger partial charge in [-0.05, 0) is 42.8 Å². The maximum Gasteiger partial charge on any atom is 0.145 e. The molecular formula is C14H14FNO2. The van der Waals surface area contributed by atoms with Crippen LogP contribution in [0, 0.1) is 5.82 Å². The number of nitrogens with zero attached hydrogens (tertiary/aromatic N) is 1. The molecule has 0 saturated heterocycles. The average molecular weight is 247 g/mol. The van der Waals surface area contributed by atoms with Gasteiger partial charge in [0.2, 0.25) is 0 Å². The maximum atomic E-state index is 12.7. The number of aromatic nitrogens is 1. The predicted octanol–water partition coefficient (Wildman–Crippen LogP) is 3.46. The topological polar surface area (TPSA) is 42.4 Å². The lowest BCUT2D eigenvalue weighted by molar-refractivity contribution is 0.169. The van der Waals surface area contributed by atoms with Gasteiger partial charge in [-0.15, -0.1) is 0 Å². The highest BCUT2D eigenvalue weighted by Crippen LogP contribution is 2.22. The van der Waals surface area contributed by atoms with E-state index in [0.717, 1.165) is 0 Å². The molecule has 0 aliphatic rings. The Kier molecular flexibility index (Phi) is 3.89. The van der Waals surface area contributed by atoms with Gasteiger partial charge in [0.25, 0.3) is 0 Å². The fourth-order valence-corrected chi connectivity index (χ4v) is 1.50. The fourth-order valence-electron chi connectivity index (χ4n) is 1.50. The molecule has 0 bridgehead atoms. The van der Waals surface area contributed by atoms with Crippen molar-refractivity contribution < 1.29 is 14.2 Å². The summed E-state index contributed by atoms with van der Waals surface area (Å²) in [6.45, 7) is 1.88. The Bertz CT molecular complexity index is 496. The summed E-state index contributed by atoms with van der Waals surface area (Å²) in [5.41, 5.74) is 0.615. The second kappa shape index (κ2) is 5.60. The first-order valence-corrected chi connectivity index (χ1v) is 5.76. The summed E-state index contributed by atoms with van der Waals surface area (Å²) in [4.78, 5) is 4.11. The van der Waals surface area contributed by atoms with E-state index in [1.54, 1.807) is 24.3 Å². The summed E-state index contributed by atoms with van der Waals surface area (Å²) in [5.74, 6) is 0.789. The third kappa shape index (κ3) is 3.05. The normalized spacial score (nSPS) is 12.2. The largest absolute Gasteiger partial charge is 0.456 e. The molecule has 0 spiro atoms. The maximum absolute atomic E-state index is 12.7. The molecule has 0 aliphatic carbocycles. The lowest BCUT2D eigenvalue weighted by Gasteiger charge is -2.08. The molecule has 1 heterocycles. The molecule has 4 heteroatoms. The van der Waals surface area contributed by atoms with Crippen LogP contribution in [0.5, 0.6) is 11.5 Å². The number of benzene rings is 1. The third-order valence-corrected chi connectivity index (χ3v) is 2.54. The molecule has 18 heavy (non-hydrogen) atoms. The van der Waals surface area contributed by atoms with Crippen molar-refractivity contribution in [1.29, 1.82) is 0 Å². The van der Waals surface area contributed by atoms with Crippen molar-refractivity contribution in [1.82, 2.24) is 4.98 Å². The van der Waals surface area contributed by atoms with Gasteiger partial charge in [0.05, 0.1) is 18.0 Å². The molecule has 0 fully saturated rings. The first kappa shape index (κ1) is 12.5. The number of hydrogen-bond acceptors (Lipinski definition) is 3. The molecule has 1 unspecified atom stereocenters. The molecule has 0 amide bonds. The second-order valence-electron chi connectivity index (χ2n) is 3.90. The van der Waals surface area contributed by atoms with Gasteiger partial charge in [-0.2, -0.15) is 0 Å². The molecule has 1 atom stereocenters. The number of ether oxygens (including phenoxy) is 1. The molecule has 2 aromatic rings. The summed E-state index contributed by atoms with van der Waals surface area (Å²) in [5, 5.41) is 9.60. The first-order chi connectivity index (χ1) is 8.69. The van der Waals surface area contributed by atoms with Gasteiger partial charge in [0.1, 0.15) is 17.3 Å². The minimum Gasteiger partial charge on any atom is -0.456 e. The van der Waals surface area contributed by atoms with Gasteiger partial charge in [0, 0.05) is 0 Å². The SMILES string of the molecule is CCC(O)c1ccc(Oc2ccc(F)cc2)cn1. The van der Waals surface area contributed by atoms with E-state index in [4.69, 9.17) is 4.74 Å². The number of aliphatic hydroxyl groups excluding tert-OH is 1. The molecule has 1 N–H and O–H groups in total. The van der Waals surface area contributed by atoms with Gasteiger partial charge < -0.3 is 9.84 Å². The third-order valence-electron chi connectivity index (χ3n) is 2.54. The molecule has 94 valence electrons. The summed E-state index contributed by atoms with van der Waals surface area (Å²) in [6.07, 6.45) is 1.60. The summed E-state index contributed by atoms with van der Waals surface area (Å²) in [6, 6.07) is 9.20. The lowest BCUT2D eigenvalue weighted by Crippen LogP contribution is -1.98. The zero-order valence-corrected chi connectivity index (χ0v) is 10.0. The minimum atomic E-state index is -0.551. The van der Waals surface area contributed by atoms with Crippen molar-refractivity contribution in [2.24, 2.45) is 0 Å². The first-order valence-electron chi connectivity index (χ1n) is 5.76. The Morgan fingerprint density at radius 1 is 1.17 bits per heavy atom. The van der Waals surface area contributed by atoms with Crippen molar-refractivity contribution in [2.75, 3.05) is 0 Å². The number of rotatable bonds is 4. The summed E-state index contributed by atoms with van der Waals surface area (Å²) < 4.78 is 18.2. The van der Waals surface area contributed by atoms with Crippen LogP contribution in [0.4, 0.5) is 4.39 Å². The van der Waals surface area contributed by atoms with E-state index < -0.39 is 6.10 Å². The van der Waals surface area contributed by atoms with Crippen LogP contribution >= 0.6 is 0 Å². The zero-order chi connectivity index (χ0) is 13.0. The Balaban J connectivity index is 2.08. The van der Waals surface area contributed by atoms with Crippen molar-refractivity contribution >= 4 is 0 Å². The number of pyridine rings is 1. The monoisotopic (exact) mass is 247 g/mol. The smallest absolute Gasteiger partial charge is 0.145 e. The van der Waals surface area contributed by atoms with E-state index in [9.17, 15) is 9.50 Å². The Morgan fingerprint density at radius 3 is 2.39 bits per heavy atom. The van der Waals surface area contributed by atoms with Crippen LogP contribution in [0.1, 0.15) is 25.1 Å². The van der Waals surface area contributed by atoms with Crippen molar-refractivity contribution in [3.05, 3.63) is 54.1 Å². The highest BCUT2D eigenvalue weighted by atomic mass is 19.1. The van der Waals surface area contributed by atoms with E-state index in [2.05, 4.69) is 4.98 Å². The van der Waals surface area contributed by atoms with Crippen LogP contribution in [0.3, 0.4) is 0 Å². The average Bonchev–Trinajstić information content (AvgIpc) is 2.41. The van der Waals surface area contributed by atoms with Gasteiger partial charge >= 0.3 is 0 Å². The molecule has 2 rings (SSSR count). The lowest BCUT2D eigenvalue weighted by atomic mass is 10.2. The fraction of sp³-hybridized carbons (Fsp3) is 0.214. The Labute approximate surface area is 105 Å². The Hall–Kier alpha value is -1.94. The van der Waals surface area contributed by atoms with Crippen LogP contribution in [0.15, 0.2) is 42.6 Å². The number of aliphatic hydroxyl groups is 1. The number of hydrogen-bond donors (Lipinski definition) is 1. The molecule has 0 radical (unpaired) electrons. The van der Waals surface area contributed by atoms with E-state index in [1.165, 1.54) is 18.3 Å². The molecule has 1 aromatic heterocycles. The Morgan fingerprint density at radius 2 is 1.83 bits per heavy atom. The minimum absolute atomic E-state index is 0.304. The van der Waals surface area contributed by atoms with E-state index >= 15 is 0 Å². The quantitative estimate of drug-likeness (QED) is 0.899. The van der Waals surface area contributed by atoms with Crippen molar-refractivity contribution in [3.8, 4) is 11.5 Å². The van der Waals surface area contributed by atoms with Gasteiger partial charge in [0.15, 0.2) is 0 Å². The van der Waals surface area contributed by atoms with Gasteiger partial charge in [-0.25, -0.2) is 4.39 Å². The molecule has 1 aromatic carbocycles. The van der Waals surface area contributed by atoms with E-state index in [0.29, 0.717) is 23.6 Å². The van der Waals surface area contributed by atoms with Crippen molar-refractivity contribution in [2.45, 2.75) is 19.4 Å². The highest BCUT2D eigenvalue weighted by molar-refractivity contribution is 5.30. The van der Waals surface area contributed by atoms with E-state index in [1.807, 2.05) is 6.92 Å². The predicted molar refractivity (Wildman–Crippen MR) is 66.0 cm³/mol. The molecule has 3 nitrogen and oxygen atoms in total. The van der Waals surface area contributed by atoms with Crippen LogP contribution in [-0.4, -0.2) is 10.1 Å². The van der Waals surface area contributed by atoms with Crippen LogP contribution in [0.2, 0.25) is 0 Å². The number of halogens is 1. The highest BCUT2D eigenvalue weighted by Gasteiger charge is 2.06. The second-order valence-corrected chi connectivity index (χ2v) is 3.90. The van der Waals surface area contributed by atoms with Gasteiger partial charge in [-0.3, -0.25) is 4.98 Å². The van der Waals surface area contributed by atoms with Gasteiger partial charge in [-0.1, -0.05) is 6.92 Å². The molecular weight excluding hydrogens is 233 g/mol. The van der Waals surface area contributed by atoms with Crippen molar-refractivity contribution in [3.63, 3.8) is 0 Å². The van der Waals surface area contributed by atoms with Crippen LogP contribution < -0.4 is 4.74 Å².